The maximum absolute atomic E-state index is 12.8. The Bertz CT molecular complexity index is 1090. The molecule has 8 heteroatoms. The van der Waals surface area contributed by atoms with E-state index in [2.05, 4.69) is 10.6 Å². The molecule has 4 amide bonds. The maximum Gasteiger partial charge on any atom is 0.262 e. The lowest BCUT2D eigenvalue weighted by Gasteiger charge is -2.14. The van der Waals surface area contributed by atoms with Gasteiger partial charge in [-0.15, -0.1) is 0 Å². The molecule has 0 aliphatic carbocycles. The van der Waals surface area contributed by atoms with Crippen LogP contribution in [0.5, 0.6) is 0 Å². The van der Waals surface area contributed by atoms with Crippen LogP contribution in [0.15, 0.2) is 78.4 Å². The Morgan fingerprint density at radius 2 is 1.33 bits per heavy atom. The third kappa shape index (κ3) is 6.02. The fourth-order valence-electron chi connectivity index (χ4n) is 3.30. The molecule has 1 aliphatic heterocycles. The quantitative estimate of drug-likeness (QED) is 0.264. The normalized spacial score (nSPS) is 12.3. The Labute approximate surface area is 191 Å². The van der Waals surface area contributed by atoms with Gasteiger partial charge >= 0.3 is 0 Å². The number of nitriles is 1. The highest BCUT2D eigenvalue weighted by atomic mass is 16.2. The van der Waals surface area contributed by atoms with Crippen molar-refractivity contribution in [3.8, 4) is 6.07 Å². The van der Waals surface area contributed by atoms with Crippen molar-refractivity contribution in [3.05, 3.63) is 89.5 Å². The number of amides is 4. The van der Waals surface area contributed by atoms with E-state index in [4.69, 9.17) is 0 Å². The summed E-state index contributed by atoms with van der Waals surface area (Å²) < 4.78 is 0. The van der Waals surface area contributed by atoms with E-state index in [1.807, 2.05) is 66.7 Å². The van der Waals surface area contributed by atoms with E-state index < -0.39 is 17.7 Å². The summed E-state index contributed by atoms with van der Waals surface area (Å²) in [5, 5.41) is 15.0. The molecule has 166 valence electrons. The number of carbonyl (C=O) groups is 4. The molecule has 8 nitrogen and oxygen atoms in total. The smallest absolute Gasteiger partial charge is 0.262 e. The van der Waals surface area contributed by atoms with Crippen molar-refractivity contribution in [2.24, 2.45) is 0 Å². The lowest BCUT2D eigenvalue weighted by atomic mass is 9.93. The van der Waals surface area contributed by atoms with Crippen molar-refractivity contribution < 1.29 is 19.2 Å². The van der Waals surface area contributed by atoms with Crippen LogP contribution in [0.25, 0.3) is 5.57 Å². The van der Waals surface area contributed by atoms with Gasteiger partial charge in [0.05, 0.1) is 0 Å². The minimum absolute atomic E-state index is 0.0122. The maximum atomic E-state index is 12.8. The summed E-state index contributed by atoms with van der Waals surface area (Å²) in [6.07, 6.45) is 2.28. The van der Waals surface area contributed by atoms with Crippen molar-refractivity contribution in [2.45, 2.75) is 6.42 Å². The Hall–Kier alpha value is -4.51. The monoisotopic (exact) mass is 442 g/mol. The van der Waals surface area contributed by atoms with Crippen LogP contribution in [-0.4, -0.2) is 48.2 Å². The Balaban J connectivity index is 1.59. The number of nitrogens with one attached hydrogen (secondary N) is 2. The Kier molecular flexibility index (Phi) is 7.86. The number of carbonyl (C=O) groups excluding carboxylic acids is 4. The number of hydrogen-bond acceptors (Lipinski definition) is 5. The Morgan fingerprint density at radius 3 is 1.85 bits per heavy atom. The summed E-state index contributed by atoms with van der Waals surface area (Å²) in [6, 6.07) is 20.4. The van der Waals surface area contributed by atoms with Gasteiger partial charge < -0.3 is 10.6 Å². The molecule has 0 bridgehead atoms. The number of imide groups is 1. The molecular formula is C25H22N4O4. The Morgan fingerprint density at radius 1 is 0.818 bits per heavy atom. The van der Waals surface area contributed by atoms with Gasteiger partial charge in [-0.05, 0) is 11.1 Å². The first-order valence-corrected chi connectivity index (χ1v) is 10.3. The van der Waals surface area contributed by atoms with Gasteiger partial charge in [-0.2, -0.15) is 5.26 Å². The lowest BCUT2D eigenvalue weighted by Crippen LogP contribution is -2.38. The van der Waals surface area contributed by atoms with E-state index in [0.29, 0.717) is 5.57 Å². The van der Waals surface area contributed by atoms with Gasteiger partial charge in [0.2, 0.25) is 5.91 Å². The zero-order valence-corrected chi connectivity index (χ0v) is 17.8. The molecule has 0 atom stereocenters. The highest BCUT2D eigenvalue weighted by Crippen LogP contribution is 2.26. The van der Waals surface area contributed by atoms with E-state index in [1.54, 1.807) is 0 Å². The second-order valence-corrected chi connectivity index (χ2v) is 7.11. The van der Waals surface area contributed by atoms with Gasteiger partial charge in [0.1, 0.15) is 11.6 Å². The largest absolute Gasteiger partial charge is 0.354 e. The molecule has 0 fully saturated rings. The first-order chi connectivity index (χ1) is 16.0. The molecular weight excluding hydrogens is 420 g/mol. The highest BCUT2D eigenvalue weighted by Gasteiger charge is 2.23. The summed E-state index contributed by atoms with van der Waals surface area (Å²) in [4.78, 5) is 48.7. The standard InChI is InChI=1S/C25H22N4O4/c26-17-20(24(18-7-3-1-4-8-18)19-9-5-2-6-10-19)25(33)28-15-14-27-21(30)13-16-29-22(31)11-12-23(29)32/h1-12H,13-16H2,(H,27,30)(H,28,33). The van der Waals surface area contributed by atoms with Gasteiger partial charge in [0, 0.05) is 43.8 Å². The van der Waals surface area contributed by atoms with Crippen molar-refractivity contribution in [1.29, 1.82) is 5.26 Å². The summed E-state index contributed by atoms with van der Waals surface area (Å²) in [5.74, 6) is -1.79. The van der Waals surface area contributed by atoms with Gasteiger partial charge in [0.15, 0.2) is 0 Å². The topological polar surface area (TPSA) is 119 Å². The molecule has 0 unspecified atom stereocenters. The molecule has 0 spiro atoms. The van der Waals surface area contributed by atoms with Crippen molar-refractivity contribution >= 4 is 29.2 Å². The van der Waals surface area contributed by atoms with Crippen LogP contribution in [0.1, 0.15) is 17.5 Å². The first-order valence-electron chi connectivity index (χ1n) is 10.3. The van der Waals surface area contributed by atoms with Gasteiger partial charge in [0.25, 0.3) is 17.7 Å². The highest BCUT2D eigenvalue weighted by molar-refractivity contribution is 6.13. The molecule has 0 radical (unpaired) electrons. The van der Waals surface area contributed by atoms with Crippen molar-refractivity contribution in [2.75, 3.05) is 19.6 Å². The van der Waals surface area contributed by atoms with Crippen LogP contribution in [0.3, 0.4) is 0 Å². The van der Waals surface area contributed by atoms with Gasteiger partial charge in [-0.25, -0.2) is 0 Å². The van der Waals surface area contributed by atoms with E-state index in [0.717, 1.165) is 28.2 Å². The molecule has 33 heavy (non-hydrogen) atoms. The van der Waals surface area contributed by atoms with Crippen LogP contribution in [0, 0.1) is 11.3 Å². The molecule has 0 saturated heterocycles. The van der Waals surface area contributed by atoms with E-state index >= 15 is 0 Å². The molecule has 2 N–H and O–H groups in total. The molecule has 0 saturated carbocycles. The third-order valence-electron chi connectivity index (χ3n) is 4.91. The first kappa shape index (κ1) is 23.2. The fourth-order valence-corrected chi connectivity index (χ4v) is 3.30. The van der Waals surface area contributed by atoms with E-state index in [-0.39, 0.29) is 37.5 Å². The van der Waals surface area contributed by atoms with Crippen LogP contribution in [0.2, 0.25) is 0 Å². The van der Waals surface area contributed by atoms with E-state index in [9.17, 15) is 24.4 Å². The van der Waals surface area contributed by atoms with Crippen LogP contribution >= 0.6 is 0 Å². The number of benzene rings is 2. The fraction of sp³-hybridized carbons (Fsp3) is 0.160. The average Bonchev–Trinajstić information content (AvgIpc) is 3.16. The van der Waals surface area contributed by atoms with Crippen LogP contribution in [0.4, 0.5) is 0 Å². The second-order valence-electron chi connectivity index (χ2n) is 7.11. The summed E-state index contributed by atoms with van der Waals surface area (Å²) in [6.45, 7) is 0.229. The molecule has 1 aliphatic rings. The zero-order chi connectivity index (χ0) is 23.6. The molecule has 1 heterocycles. The summed E-state index contributed by atoms with van der Waals surface area (Å²) >= 11 is 0. The summed E-state index contributed by atoms with van der Waals surface area (Å²) in [5.41, 5.74) is 1.97. The third-order valence-corrected chi connectivity index (χ3v) is 4.91. The lowest BCUT2D eigenvalue weighted by molar-refractivity contribution is -0.137. The van der Waals surface area contributed by atoms with E-state index in [1.165, 1.54) is 0 Å². The van der Waals surface area contributed by atoms with Gasteiger partial charge in [-0.1, -0.05) is 60.7 Å². The van der Waals surface area contributed by atoms with Gasteiger partial charge in [-0.3, -0.25) is 24.1 Å². The molecule has 0 aromatic heterocycles. The average molecular weight is 442 g/mol. The zero-order valence-electron chi connectivity index (χ0n) is 17.8. The molecule has 3 rings (SSSR count). The van der Waals surface area contributed by atoms with Crippen LogP contribution in [-0.2, 0) is 19.2 Å². The van der Waals surface area contributed by atoms with Crippen molar-refractivity contribution in [3.63, 3.8) is 0 Å². The second kappa shape index (κ2) is 11.2. The predicted molar refractivity (Wildman–Crippen MR) is 121 cm³/mol. The minimum atomic E-state index is -0.547. The number of rotatable bonds is 9. The van der Waals surface area contributed by atoms with Crippen LogP contribution < -0.4 is 10.6 Å². The number of nitrogens with zero attached hydrogens (tertiary/aromatic N) is 2. The predicted octanol–water partition coefficient (Wildman–Crippen LogP) is 1.56. The molecule has 2 aromatic carbocycles. The number of hydrogen-bond donors (Lipinski definition) is 2. The summed E-state index contributed by atoms with van der Waals surface area (Å²) in [7, 11) is 0. The SMILES string of the molecule is N#CC(C(=O)NCCNC(=O)CCN1C(=O)C=CC1=O)=C(c1ccccc1)c1ccccc1. The molecule has 2 aromatic rings. The van der Waals surface area contributed by atoms with Crippen molar-refractivity contribution in [1.82, 2.24) is 15.5 Å². The minimum Gasteiger partial charge on any atom is -0.354 e.